The van der Waals surface area contributed by atoms with Crippen LogP contribution in [0.1, 0.15) is 49.2 Å². The molecule has 1 aliphatic rings. The number of nitrogens with zero attached hydrogens (tertiary/aromatic N) is 2. The number of benzene rings is 1. The van der Waals surface area contributed by atoms with Crippen molar-refractivity contribution in [2.24, 2.45) is 0 Å². The zero-order valence-electron chi connectivity index (χ0n) is 14.3. The molecule has 0 bridgehead atoms. The van der Waals surface area contributed by atoms with E-state index in [2.05, 4.69) is 32.7 Å². The normalized spacial score (nSPS) is 14.7. The van der Waals surface area contributed by atoms with Gasteiger partial charge in [-0.15, -0.1) is 0 Å². The van der Waals surface area contributed by atoms with Crippen molar-refractivity contribution in [3.63, 3.8) is 0 Å². The fourth-order valence-corrected chi connectivity index (χ4v) is 2.72. The molecule has 1 aliphatic heterocycles. The molecule has 0 radical (unpaired) electrons. The summed E-state index contributed by atoms with van der Waals surface area (Å²) in [5.74, 6) is 1.85. The van der Waals surface area contributed by atoms with Gasteiger partial charge in [-0.25, -0.2) is 4.98 Å². The number of hydrogen-bond donors (Lipinski definition) is 0. The SMILES string of the molecule is Cc1ccc(CC(=O)N2CCc3oc(C(C)(C)C)nc3C2)cc1. The number of oxazole rings is 1. The molecule has 2 heterocycles. The molecule has 0 aliphatic carbocycles. The van der Waals surface area contributed by atoms with Gasteiger partial charge in [-0.05, 0) is 12.5 Å². The summed E-state index contributed by atoms with van der Waals surface area (Å²) in [6.45, 7) is 9.57. The largest absolute Gasteiger partial charge is 0.445 e. The third kappa shape index (κ3) is 3.46. The second-order valence-electron chi connectivity index (χ2n) is 7.37. The summed E-state index contributed by atoms with van der Waals surface area (Å²) in [4.78, 5) is 19.0. The van der Waals surface area contributed by atoms with Gasteiger partial charge in [0.25, 0.3) is 0 Å². The first kappa shape index (κ1) is 15.8. The molecule has 1 aromatic heterocycles. The molecular formula is C19H24N2O2. The van der Waals surface area contributed by atoms with E-state index in [9.17, 15) is 4.79 Å². The number of carbonyl (C=O) groups is 1. The lowest BCUT2D eigenvalue weighted by Crippen LogP contribution is -2.36. The van der Waals surface area contributed by atoms with Crippen LogP contribution < -0.4 is 0 Å². The second kappa shape index (κ2) is 5.84. The molecule has 1 amide bonds. The number of hydrogen-bond acceptors (Lipinski definition) is 3. The third-order valence-electron chi connectivity index (χ3n) is 4.20. The van der Waals surface area contributed by atoms with Crippen molar-refractivity contribution in [1.29, 1.82) is 0 Å². The zero-order valence-corrected chi connectivity index (χ0v) is 14.3. The van der Waals surface area contributed by atoms with Crippen LogP contribution in [0.2, 0.25) is 0 Å². The van der Waals surface area contributed by atoms with Gasteiger partial charge in [-0.2, -0.15) is 0 Å². The van der Waals surface area contributed by atoms with Crippen molar-refractivity contribution in [2.75, 3.05) is 6.54 Å². The van der Waals surface area contributed by atoms with Crippen molar-refractivity contribution >= 4 is 5.91 Å². The van der Waals surface area contributed by atoms with Gasteiger partial charge in [0.1, 0.15) is 11.5 Å². The molecule has 122 valence electrons. The van der Waals surface area contributed by atoms with Crippen LogP contribution in [-0.4, -0.2) is 22.3 Å². The fourth-order valence-electron chi connectivity index (χ4n) is 2.72. The Morgan fingerprint density at radius 1 is 1.26 bits per heavy atom. The molecule has 3 rings (SSSR count). The van der Waals surface area contributed by atoms with Crippen molar-refractivity contribution in [3.05, 3.63) is 52.7 Å². The van der Waals surface area contributed by atoms with Crippen LogP contribution in [0.25, 0.3) is 0 Å². The molecule has 0 saturated heterocycles. The first-order chi connectivity index (χ1) is 10.8. The van der Waals surface area contributed by atoms with E-state index < -0.39 is 0 Å². The second-order valence-corrected chi connectivity index (χ2v) is 7.37. The Balaban J connectivity index is 1.70. The van der Waals surface area contributed by atoms with Gasteiger partial charge in [0.15, 0.2) is 5.89 Å². The molecule has 2 aromatic rings. The molecule has 0 N–H and O–H groups in total. The van der Waals surface area contributed by atoms with E-state index >= 15 is 0 Å². The minimum Gasteiger partial charge on any atom is -0.445 e. The lowest BCUT2D eigenvalue weighted by molar-refractivity contribution is -0.131. The average Bonchev–Trinajstić information content (AvgIpc) is 2.92. The van der Waals surface area contributed by atoms with Crippen molar-refractivity contribution in [2.45, 2.75) is 52.5 Å². The number of rotatable bonds is 2. The molecule has 0 spiro atoms. The van der Waals surface area contributed by atoms with Crippen molar-refractivity contribution in [3.8, 4) is 0 Å². The van der Waals surface area contributed by atoms with Gasteiger partial charge < -0.3 is 9.32 Å². The molecule has 4 nitrogen and oxygen atoms in total. The van der Waals surface area contributed by atoms with E-state index in [1.165, 1.54) is 5.56 Å². The van der Waals surface area contributed by atoms with E-state index in [1.54, 1.807) is 0 Å². The van der Waals surface area contributed by atoms with E-state index in [1.807, 2.05) is 29.2 Å². The summed E-state index contributed by atoms with van der Waals surface area (Å²) in [6.07, 6.45) is 1.19. The molecule has 0 unspecified atom stereocenters. The lowest BCUT2D eigenvalue weighted by Gasteiger charge is -2.25. The highest BCUT2D eigenvalue weighted by Crippen LogP contribution is 2.27. The van der Waals surface area contributed by atoms with Gasteiger partial charge in [-0.1, -0.05) is 50.6 Å². The van der Waals surface area contributed by atoms with Crippen LogP contribution >= 0.6 is 0 Å². The zero-order chi connectivity index (χ0) is 16.6. The number of fused-ring (bicyclic) bond motifs is 1. The Hall–Kier alpha value is -2.10. The topological polar surface area (TPSA) is 46.3 Å². The molecule has 0 saturated carbocycles. The van der Waals surface area contributed by atoms with Gasteiger partial charge in [0.05, 0.1) is 13.0 Å². The molecule has 23 heavy (non-hydrogen) atoms. The maximum Gasteiger partial charge on any atom is 0.227 e. The van der Waals surface area contributed by atoms with Gasteiger partial charge >= 0.3 is 0 Å². The van der Waals surface area contributed by atoms with Crippen LogP contribution in [0.4, 0.5) is 0 Å². The van der Waals surface area contributed by atoms with Crippen LogP contribution in [-0.2, 0) is 29.6 Å². The first-order valence-corrected chi connectivity index (χ1v) is 8.15. The predicted octanol–water partition coefficient (Wildman–Crippen LogP) is 3.41. The van der Waals surface area contributed by atoms with E-state index in [0.29, 0.717) is 19.5 Å². The van der Waals surface area contributed by atoms with Crippen LogP contribution in [0, 0.1) is 6.92 Å². The summed E-state index contributed by atoms with van der Waals surface area (Å²) in [6, 6.07) is 8.14. The Bertz CT molecular complexity index is 708. The molecule has 1 aromatic carbocycles. The quantitative estimate of drug-likeness (QED) is 0.853. The summed E-state index contributed by atoms with van der Waals surface area (Å²) >= 11 is 0. The third-order valence-corrected chi connectivity index (χ3v) is 4.20. The smallest absolute Gasteiger partial charge is 0.227 e. The predicted molar refractivity (Wildman–Crippen MR) is 89.2 cm³/mol. The van der Waals surface area contributed by atoms with Gasteiger partial charge in [0.2, 0.25) is 5.91 Å². The maximum absolute atomic E-state index is 12.5. The lowest BCUT2D eigenvalue weighted by atomic mass is 9.97. The van der Waals surface area contributed by atoms with Crippen LogP contribution in [0.3, 0.4) is 0 Å². The van der Waals surface area contributed by atoms with Crippen LogP contribution in [0.5, 0.6) is 0 Å². The Morgan fingerprint density at radius 3 is 2.61 bits per heavy atom. The Kier molecular flexibility index (Phi) is 4.00. The Labute approximate surface area is 137 Å². The van der Waals surface area contributed by atoms with Gasteiger partial charge in [-0.3, -0.25) is 4.79 Å². The molecule has 0 atom stereocenters. The highest BCUT2D eigenvalue weighted by Gasteiger charge is 2.29. The Morgan fingerprint density at radius 2 is 1.96 bits per heavy atom. The summed E-state index contributed by atoms with van der Waals surface area (Å²) in [5, 5.41) is 0. The van der Waals surface area contributed by atoms with Crippen LogP contribution in [0.15, 0.2) is 28.7 Å². The monoisotopic (exact) mass is 312 g/mol. The minimum atomic E-state index is -0.103. The summed E-state index contributed by atoms with van der Waals surface area (Å²) < 4.78 is 5.88. The van der Waals surface area contributed by atoms with Crippen molar-refractivity contribution in [1.82, 2.24) is 9.88 Å². The fraction of sp³-hybridized carbons (Fsp3) is 0.474. The van der Waals surface area contributed by atoms with E-state index in [0.717, 1.165) is 29.3 Å². The number of aryl methyl sites for hydroxylation is 1. The first-order valence-electron chi connectivity index (χ1n) is 8.15. The average molecular weight is 312 g/mol. The minimum absolute atomic E-state index is 0.103. The number of carbonyl (C=O) groups excluding carboxylic acids is 1. The van der Waals surface area contributed by atoms with Gasteiger partial charge in [0, 0.05) is 18.4 Å². The standard InChI is InChI=1S/C19H24N2O2/c1-13-5-7-14(8-6-13)11-17(22)21-10-9-16-15(12-21)20-18(23-16)19(2,3)4/h5-8H,9-12H2,1-4H3. The molecular weight excluding hydrogens is 288 g/mol. The highest BCUT2D eigenvalue weighted by atomic mass is 16.4. The van der Waals surface area contributed by atoms with Crippen molar-refractivity contribution < 1.29 is 9.21 Å². The summed E-state index contributed by atoms with van der Waals surface area (Å²) in [5.41, 5.74) is 3.08. The maximum atomic E-state index is 12.5. The number of aromatic nitrogens is 1. The molecule has 4 heteroatoms. The number of amides is 1. The summed E-state index contributed by atoms with van der Waals surface area (Å²) in [7, 11) is 0. The van der Waals surface area contributed by atoms with E-state index in [-0.39, 0.29) is 11.3 Å². The van der Waals surface area contributed by atoms with E-state index in [4.69, 9.17) is 4.42 Å². The molecule has 0 fully saturated rings. The highest BCUT2D eigenvalue weighted by molar-refractivity contribution is 5.79.